The summed E-state index contributed by atoms with van der Waals surface area (Å²) < 4.78 is 0. The third-order valence-electron chi connectivity index (χ3n) is 7.88. The molecule has 0 aromatic heterocycles. The van der Waals surface area contributed by atoms with E-state index in [0.717, 1.165) is 5.56 Å². The highest BCUT2D eigenvalue weighted by Crippen LogP contribution is 2.41. The minimum atomic E-state index is -0.898. The standard InChI is InChI=1S/C31H36O6/c1-4-6-25-26(19-29(36)31(3,5-2)16-15-20-7-12-23(32)13-8-20)30(37)22(17-28(25)35)10-9-21-11-14-24(33)18-27(21)34/h1,5,7-8,11-14,18,22,25-26,30,32-34,37H,2,6,9-10,15-17,19H2,3H3. The molecule has 3 rings (SSSR count). The van der Waals surface area contributed by atoms with E-state index < -0.39 is 23.4 Å². The zero-order valence-corrected chi connectivity index (χ0v) is 21.3. The van der Waals surface area contributed by atoms with Crippen LogP contribution in [-0.4, -0.2) is 38.1 Å². The Balaban J connectivity index is 1.74. The number of ketones is 2. The van der Waals surface area contributed by atoms with Crippen molar-refractivity contribution >= 4 is 11.6 Å². The van der Waals surface area contributed by atoms with E-state index in [2.05, 4.69) is 12.5 Å². The molecule has 5 unspecified atom stereocenters. The molecule has 4 N–H and O–H groups in total. The van der Waals surface area contributed by atoms with Crippen LogP contribution in [0.1, 0.15) is 50.2 Å². The fourth-order valence-corrected chi connectivity index (χ4v) is 5.26. The van der Waals surface area contributed by atoms with Crippen molar-refractivity contribution < 1.29 is 30.0 Å². The Morgan fingerprint density at radius 2 is 1.81 bits per heavy atom. The van der Waals surface area contributed by atoms with Crippen LogP contribution in [0.15, 0.2) is 55.1 Å². The molecule has 37 heavy (non-hydrogen) atoms. The number of carbonyl (C=O) groups excluding carboxylic acids is 2. The average Bonchev–Trinajstić information content (AvgIpc) is 2.87. The summed E-state index contributed by atoms with van der Waals surface area (Å²) in [6.07, 6.45) is 8.58. The molecule has 0 heterocycles. The maximum absolute atomic E-state index is 13.6. The van der Waals surface area contributed by atoms with E-state index in [9.17, 15) is 30.0 Å². The number of terminal acetylenes is 1. The number of carbonyl (C=O) groups is 2. The van der Waals surface area contributed by atoms with Crippen LogP contribution < -0.4 is 0 Å². The van der Waals surface area contributed by atoms with Gasteiger partial charge in [-0.25, -0.2) is 0 Å². The molecule has 0 radical (unpaired) electrons. The minimum absolute atomic E-state index is 0.0122. The number of aryl methyl sites for hydroxylation is 2. The maximum Gasteiger partial charge on any atom is 0.142 e. The van der Waals surface area contributed by atoms with E-state index in [-0.39, 0.29) is 54.0 Å². The molecule has 0 bridgehead atoms. The van der Waals surface area contributed by atoms with Crippen LogP contribution in [0, 0.1) is 35.5 Å². The largest absolute Gasteiger partial charge is 0.508 e. The molecule has 1 aliphatic carbocycles. The van der Waals surface area contributed by atoms with Gasteiger partial charge >= 0.3 is 0 Å². The molecule has 0 aliphatic heterocycles. The van der Waals surface area contributed by atoms with Crippen molar-refractivity contribution in [2.45, 2.75) is 58.0 Å². The topological polar surface area (TPSA) is 115 Å². The first kappa shape index (κ1) is 28.0. The van der Waals surface area contributed by atoms with Gasteiger partial charge in [0.25, 0.3) is 0 Å². The zero-order chi connectivity index (χ0) is 27.2. The third kappa shape index (κ3) is 6.81. The van der Waals surface area contributed by atoms with Crippen molar-refractivity contribution in [3.05, 3.63) is 66.2 Å². The first-order chi connectivity index (χ1) is 17.6. The average molecular weight is 505 g/mol. The molecule has 1 fully saturated rings. The van der Waals surface area contributed by atoms with Crippen LogP contribution in [0.2, 0.25) is 0 Å². The highest BCUT2D eigenvalue weighted by Gasteiger charge is 2.45. The number of rotatable bonds is 11. The van der Waals surface area contributed by atoms with Crippen molar-refractivity contribution in [1.82, 2.24) is 0 Å². The van der Waals surface area contributed by atoms with Gasteiger partial charge in [0.1, 0.15) is 28.8 Å². The number of aromatic hydroxyl groups is 3. The minimum Gasteiger partial charge on any atom is -0.508 e. The Kier molecular flexibility index (Phi) is 9.18. The van der Waals surface area contributed by atoms with Gasteiger partial charge in [-0.1, -0.05) is 24.3 Å². The predicted molar refractivity (Wildman–Crippen MR) is 142 cm³/mol. The summed E-state index contributed by atoms with van der Waals surface area (Å²) in [5.74, 6) is 0.923. The molecular formula is C31H36O6. The van der Waals surface area contributed by atoms with Crippen molar-refractivity contribution in [2.24, 2.45) is 23.2 Å². The van der Waals surface area contributed by atoms with Gasteiger partial charge in [-0.05, 0) is 67.9 Å². The Hall–Kier alpha value is -3.56. The Labute approximate surface area is 218 Å². The number of benzene rings is 2. The number of hydrogen-bond acceptors (Lipinski definition) is 6. The lowest BCUT2D eigenvalue weighted by atomic mass is 9.65. The van der Waals surface area contributed by atoms with Crippen LogP contribution in [-0.2, 0) is 22.4 Å². The molecule has 196 valence electrons. The van der Waals surface area contributed by atoms with Crippen molar-refractivity contribution in [3.8, 4) is 29.6 Å². The molecule has 0 amide bonds. The molecule has 2 aromatic rings. The van der Waals surface area contributed by atoms with Gasteiger partial charge in [-0.15, -0.1) is 18.9 Å². The second-order valence-electron chi connectivity index (χ2n) is 10.4. The number of phenols is 3. The number of aliphatic hydroxyl groups excluding tert-OH is 1. The second-order valence-corrected chi connectivity index (χ2v) is 10.4. The van der Waals surface area contributed by atoms with E-state index in [1.807, 2.05) is 19.1 Å². The van der Waals surface area contributed by atoms with E-state index in [4.69, 9.17) is 6.42 Å². The van der Waals surface area contributed by atoms with Gasteiger partial charge in [0, 0.05) is 42.6 Å². The molecule has 0 spiro atoms. The fraction of sp³-hybridized carbons (Fsp3) is 0.419. The monoisotopic (exact) mass is 504 g/mol. The third-order valence-corrected chi connectivity index (χ3v) is 7.88. The summed E-state index contributed by atoms with van der Waals surface area (Å²) in [5.41, 5.74) is 0.741. The van der Waals surface area contributed by atoms with Crippen LogP contribution in [0.25, 0.3) is 0 Å². The summed E-state index contributed by atoms with van der Waals surface area (Å²) in [5, 5.41) is 40.5. The van der Waals surface area contributed by atoms with Crippen molar-refractivity contribution in [1.29, 1.82) is 0 Å². The summed E-state index contributed by atoms with van der Waals surface area (Å²) in [4.78, 5) is 26.6. The van der Waals surface area contributed by atoms with E-state index >= 15 is 0 Å². The van der Waals surface area contributed by atoms with Crippen LogP contribution in [0.3, 0.4) is 0 Å². The lowest BCUT2D eigenvalue weighted by Gasteiger charge is -2.40. The van der Waals surface area contributed by atoms with Crippen LogP contribution >= 0.6 is 0 Å². The smallest absolute Gasteiger partial charge is 0.142 e. The molecular weight excluding hydrogens is 468 g/mol. The lowest BCUT2D eigenvalue weighted by Crippen LogP contribution is -2.46. The highest BCUT2D eigenvalue weighted by atomic mass is 16.3. The van der Waals surface area contributed by atoms with Crippen molar-refractivity contribution in [2.75, 3.05) is 0 Å². The zero-order valence-electron chi connectivity index (χ0n) is 21.3. The normalized spacial score (nSPS) is 23.1. The number of aliphatic hydroxyl groups is 1. The summed E-state index contributed by atoms with van der Waals surface area (Å²) in [6, 6.07) is 11.2. The molecule has 6 nitrogen and oxygen atoms in total. The number of hydrogen-bond donors (Lipinski definition) is 4. The van der Waals surface area contributed by atoms with Gasteiger partial charge in [0.15, 0.2) is 0 Å². The Morgan fingerprint density at radius 3 is 2.43 bits per heavy atom. The lowest BCUT2D eigenvalue weighted by molar-refractivity contribution is -0.139. The maximum atomic E-state index is 13.6. The second kappa shape index (κ2) is 12.1. The number of allylic oxidation sites excluding steroid dienone is 1. The van der Waals surface area contributed by atoms with Crippen LogP contribution in [0.5, 0.6) is 17.2 Å². The molecule has 2 aromatic carbocycles. The van der Waals surface area contributed by atoms with Crippen molar-refractivity contribution in [3.63, 3.8) is 0 Å². The summed E-state index contributed by atoms with van der Waals surface area (Å²) in [7, 11) is 0. The Morgan fingerprint density at radius 1 is 1.14 bits per heavy atom. The first-order valence-electron chi connectivity index (χ1n) is 12.7. The summed E-state index contributed by atoms with van der Waals surface area (Å²) in [6.45, 7) is 5.71. The molecule has 1 aliphatic rings. The predicted octanol–water partition coefficient (Wildman–Crippen LogP) is 4.73. The van der Waals surface area contributed by atoms with Gasteiger partial charge in [0.2, 0.25) is 0 Å². The molecule has 5 atom stereocenters. The highest BCUT2D eigenvalue weighted by molar-refractivity contribution is 5.88. The molecule has 1 saturated carbocycles. The quantitative estimate of drug-likeness (QED) is 0.260. The number of phenolic OH excluding ortho intramolecular Hbond substituents is 3. The van der Waals surface area contributed by atoms with Gasteiger partial charge < -0.3 is 20.4 Å². The van der Waals surface area contributed by atoms with E-state index in [1.54, 1.807) is 24.3 Å². The van der Waals surface area contributed by atoms with E-state index in [0.29, 0.717) is 31.2 Å². The SMILES string of the molecule is C#CCC1C(=O)CC(CCc2ccc(O)cc2O)C(O)C1CC(=O)C(C)(C=C)CCc1ccc(O)cc1. The molecule has 6 heteroatoms. The van der Waals surface area contributed by atoms with E-state index in [1.165, 1.54) is 12.1 Å². The van der Waals surface area contributed by atoms with Gasteiger partial charge in [0.05, 0.1) is 6.10 Å². The first-order valence-corrected chi connectivity index (χ1v) is 12.7. The molecule has 0 saturated heterocycles. The van der Waals surface area contributed by atoms with Gasteiger partial charge in [-0.3, -0.25) is 9.59 Å². The Bertz CT molecular complexity index is 1160. The van der Waals surface area contributed by atoms with Crippen LogP contribution in [0.4, 0.5) is 0 Å². The van der Waals surface area contributed by atoms with Gasteiger partial charge in [-0.2, -0.15) is 0 Å². The number of Topliss-reactive ketones (excluding diaryl/α,β-unsaturated/α-hetero) is 2. The fourth-order valence-electron chi connectivity index (χ4n) is 5.26. The summed E-state index contributed by atoms with van der Waals surface area (Å²) >= 11 is 0.